The van der Waals surface area contributed by atoms with Crippen LogP contribution in [0, 0.1) is 0 Å². The molecule has 1 heterocycles. The van der Waals surface area contributed by atoms with Gasteiger partial charge in [0.05, 0.1) is 5.69 Å². The third-order valence-corrected chi connectivity index (χ3v) is 4.75. The predicted octanol–water partition coefficient (Wildman–Crippen LogP) is 3.01. The predicted molar refractivity (Wildman–Crippen MR) is 110 cm³/mol. The second kappa shape index (κ2) is 8.34. The van der Waals surface area contributed by atoms with Gasteiger partial charge in [-0.3, -0.25) is 9.59 Å². The average Bonchev–Trinajstić information content (AvgIpc) is 2.77. The van der Waals surface area contributed by atoms with Gasteiger partial charge >= 0.3 is 6.09 Å². The highest BCUT2D eigenvalue weighted by Gasteiger charge is 2.34. The van der Waals surface area contributed by atoms with E-state index < -0.39 is 24.1 Å². The minimum atomic E-state index is -1.05. The number of hydrogen-bond acceptors (Lipinski definition) is 4. The fourth-order valence-electron chi connectivity index (χ4n) is 3.32. The highest BCUT2D eigenvalue weighted by atomic mass is 16.6. The summed E-state index contributed by atoms with van der Waals surface area (Å²) in [5, 5.41) is 5.32. The number of carbonyl (C=O) groups excluding carboxylic acids is 3. The number of carbonyl (C=O) groups is 3. The van der Waals surface area contributed by atoms with Gasteiger partial charge < -0.3 is 20.3 Å². The van der Waals surface area contributed by atoms with E-state index in [1.165, 1.54) is 11.8 Å². The first-order valence-electron chi connectivity index (χ1n) is 9.53. The fraction of sp³-hybridized carbons (Fsp3) is 0.318. The minimum absolute atomic E-state index is 0.111. The molecule has 2 N–H and O–H groups in total. The molecular formula is C22H25N3O4. The maximum atomic E-state index is 13.2. The number of hydrogen-bond donors (Lipinski definition) is 2. The largest absolute Gasteiger partial charge is 0.436 e. The van der Waals surface area contributed by atoms with Gasteiger partial charge in [-0.1, -0.05) is 42.5 Å². The van der Waals surface area contributed by atoms with Crippen molar-refractivity contribution in [3.05, 3.63) is 54.1 Å². The summed E-state index contributed by atoms with van der Waals surface area (Å²) in [6.45, 7) is 5.06. The van der Waals surface area contributed by atoms with Crippen LogP contribution < -0.4 is 15.5 Å². The van der Waals surface area contributed by atoms with Crippen molar-refractivity contribution in [2.24, 2.45) is 0 Å². The zero-order valence-corrected chi connectivity index (χ0v) is 16.9. The quantitative estimate of drug-likeness (QED) is 0.833. The molecule has 1 aliphatic heterocycles. The Balaban J connectivity index is 1.89. The van der Waals surface area contributed by atoms with Crippen molar-refractivity contribution in [1.29, 1.82) is 0 Å². The number of benzene rings is 2. The van der Waals surface area contributed by atoms with Gasteiger partial charge in [0, 0.05) is 18.7 Å². The van der Waals surface area contributed by atoms with Crippen LogP contribution in [-0.4, -0.2) is 37.1 Å². The molecule has 1 unspecified atom stereocenters. The molecular weight excluding hydrogens is 370 g/mol. The number of anilines is 1. The molecule has 0 fully saturated rings. The SMILES string of the molecule is CC(C)NC(=O)O[C@@H](C)C(=O)NC1C(=O)N(C)c2ccccc2-c2ccccc21. The van der Waals surface area contributed by atoms with Crippen molar-refractivity contribution < 1.29 is 19.1 Å². The molecule has 3 amide bonds. The van der Waals surface area contributed by atoms with E-state index in [9.17, 15) is 14.4 Å². The summed E-state index contributed by atoms with van der Waals surface area (Å²) in [7, 11) is 1.68. The first-order valence-corrected chi connectivity index (χ1v) is 9.53. The van der Waals surface area contributed by atoms with E-state index in [-0.39, 0.29) is 11.9 Å². The third kappa shape index (κ3) is 4.23. The van der Waals surface area contributed by atoms with E-state index in [0.717, 1.165) is 16.8 Å². The van der Waals surface area contributed by atoms with Crippen LogP contribution in [0.1, 0.15) is 32.4 Å². The summed E-state index contributed by atoms with van der Waals surface area (Å²) in [4.78, 5) is 39.2. The van der Waals surface area contributed by atoms with Gasteiger partial charge in [0.2, 0.25) is 0 Å². The van der Waals surface area contributed by atoms with Crippen molar-refractivity contribution in [2.45, 2.75) is 39.0 Å². The Hall–Kier alpha value is -3.35. The van der Waals surface area contributed by atoms with Crippen molar-refractivity contribution >= 4 is 23.6 Å². The molecule has 3 rings (SSSR count). The number of fused-ring (bicyclic) bond motifs is 3. The molecule has 7 heteroatoms. The van der Waals surface area contributed by atoms with Crippen LogP contribution in [0.5, 0.6) is 0 Å². The zero-order chi connectivity index (χ0) is 21.1. The lowest BCUT2D eigenvalue weighted by atomic mass is 9.95. The summed E-state index contributed by atoms with van der Waals surface area (Å²) in [6.07, 6.45) is -1.73. The van der Waals surface area contributed by atoms with Crippen LogP contribution in [0.4, 0.5) is 10.5 Å². The molecule has 1 aliphatic rings. The lowest BCUT2D eigenvalue weighted by Gasteiger charge is -2.24. The number of amides is 3. The minimum Gasteiger partial charge on any atom is -0.436 e. The lowest BCUT2D eigenvalue weighted by molar-refractivity contribution is -0.132. The summed E-state index contributed by atoms with van der Waals surface area (Å²) < 4.78 is 5.12. The lowest BCUT2D eigenvalue weighted by Crippen LogP contribution is -2.45. The monoisotopic (exact) mass is 395 g/mol. The van der Waals surface area contributed by atoms with E-state index in [0.29, 0.717) is 5.56 Å². The number of para-hydroxylation sites is 1. The van der Waals surface area contributed by atoms with Gasteiger partial charge in [-0.15, -0.1) is 0 Å². The van der Waals surface area contributed by atoms with E-state index in [1.807, 2.05) is 48.5 Å². The Labute approximate surface area is 170 Å². The van der Waals surface area contributed by atoms with Gasteiger partial charge in [0.1, 0.15) is 6.04 Å². The Morgan fingerprint density at radius 2 is 1.62 bits per heavy atom. The molecule has 2 aromatic rings. The summed E-state index contributed by atoms with van der Waals surface area (Å²) >= 11 is 0. The Morgan fingerprint density at radius 1 is 1.00 bits per heavy atom. The van der Waals surface area contributed by atoms with Gasteiger partial charge in [-0.2, -0.15) is 0 Å². The average molecular weight is 395 g/mol. The van der Waals surface area contributed by atoms with Crippen LogP contribution >= 0.6 is 0 Å². The molecule has 0 bridgehead atoms. The number of nitrogens with one attached hydrogen (secondary N) is 2. The topological polar surface area (TPSA) is 87.7 Å². The fourth-order valence-corrected chi connectivity index (χ4v) is 3.32. The number of rotatable bonds is 4. The maximum Gasteiger partial charge on any atom is 0.408 e. The first kappa shape index (κ1) is 20.4. The van der Waals surface area contributed by atoms with Crippen molar-refractivity contribution in [2.75, 3.05) is 11.9 Å². The standard InChI is InChI=1S/C22H25N3O4/c1-13(2)23-22(28)29-14(3)20(26)24-19-17-11-6-5-9-15(17)16-10-7-8-12-18(16)25(4)21(19)27/h5-14,19H,1-4H3,(H,23,28)(H,24,26)/t14-,19?/m0/s1. The zero-order valence-electron chi connectivity index (χ0n) is 16.9. The maximum absolute atomic E-state index is 13.2. The van der Waals surface area contributed by atoms with Crippen molar-refractivity contribution in [3.8, 4) is 11.1 Å². The first-order chi connectivity index (χ1) is 13.8. The van der Waals surface area contributed by atoms with E-state index in [2.05, 4.69) is 10.6 Å². The molecule has 2 atom stereocenters. The van der Waals surface area contributed by atoms with Gasteiger partial charge in [-0.05, 0) is 38.0 Å². The number of ether oxygens (including phenoxy) is 1. The molecule has 152 valence electrons. The van der Waals surface area contributed by atoms with E-state index >= 15 is 0 Å². The molecule has 0 radical (unpaired) electrons. The normalized spacial score (nSPS) is 16.4. The summed E-state index contributed by atoms with van der Waals surface area (Å²) in [6, 6.07) is 14.1. The van der Waals surface area contributed by atoms with Crippen LogP contribution in [0.15, 0.2) is 48.5 Å². The van der Waals surface area contributed by atoms with E-state index in [1.54, 1.807) is 20.9 Å². The molecule has 0 spiro atoms. The second-order valence-corrected chi connectivity index (χ2v) is 7.29. The molecule has 2 aromatic carbocycles. The second-order valence-electron chi connectivity index (χ2n) is 7.29. The smallest absolute Gasteiger partial charge is 0.408 e. The van der Waals surface area contributed by atoms with Crippen LogP contribution in [0.3, 0.4) is 0 Å². The highest BCUT2D eigenvalue weighted by Crippen LogP contribution is 2.39. The van der Waals surface area contributed by atoms with Crippen LogP contribution in [-0.2, 0) is 14.3 Å². The summed E-state index contributed by atoms with van der Waals surface area (Å²) in [5.41, 5.74) is 3.25. The highest BCUT2D eigenvalue weighted by molar-refractivity contribution is 6.06. The Morgan fingerprint density at radius 3 is 2.31 bits per heavy atom. The summed E-state index contributed by atoms with van der Waals surface area (Å²) in [5.74, 6) is -0.814. The molecule has 0 saturated carbocycles. The van der Waals surface area contributed by atoms with Gasteiger partial charge in [0.15, 0.2) is 6.10 Å². The molecule has 7 nitrogen and oxygen atoms in total. The van der Waals surface area contributed by atoms with Gasteiger partial charge in [-0.25, -0.2) is 4.79 Å². The Kier molecular flexibility index (Phi) is 5.87. The van der Waals surface area contributed by atoms with Gasteiger partial charge in [0.25, 0.3) is 11.8 Å². The van der Waals surface area contributed by atoms with Crippen molar-refractivity contribution in [1.82, 2.24) is 10.6 Å². The van der Waals surface area contributed by atoms with Crippen molar-refractivity contribution in [3.63, 3.8) is 0 Å². The molecule has 0 saturated heterocycles. The Bertz CT molecular complexity index is 941. The molecule has 0 aromatic heterocycles. The molecule has 0 aliphatic carbocycles. The third-order valence-electron chi connectivity index (χ3n) is 4.75. The number of likely N-dealkylation sites (N-methyl/N-ethyl adjacent to an activating group) is 1. The number of nitrogens with zero attached hydrogens (tertiary/aromatic N) is 1. The molecule has 29 heavy (non-hydrogen) atoms. The van der Waals surface area contributed by atoms with E-state index in [4.69, 9.17) is 4.74 Å². The van der Waals surface area contributed by atoms with Crippen LogP contribution in [0.25, 0.3) is 11.1 Å². The number of alkyl carbamates (subject to hydrolysis) is 1. The van der Waals surface area contributed by atoms with Crippen LogP contribution in [0.2, 0.25) is 0 Å².